The molecule has 98 valence electrons. The second-order valence-electron chi connectivity index (χ2n) is 5.01. The molecule has 0 aromatic carbocycles. The SMILES string of the molecule is CCCc1cc(C(=O)N2CCCC2C)cc(N)n1. The molecule has 1 atom stereocenters. The highest BCUT2D eigenvalue weighted by atomic mass is 16.2. The quantitative estimate of drug-likeness (QED) is 0.891. The number of nitrogens with zero attached hydrogens (tertiary/aromatic N) is 2. The van der Waals surface area contributed by atoms with Gasteiger partial charge in [-0.05, 0) is 38.3 Å². The Hall–Kier alpha value is -1.58. The molecule has 18 heavy (non-hydrogen) atoms. The van der Waals surface area contributed by atoms with E-state index in [4.69, 9.17) is 5.73 Å². The summed E-state index contributed by atoms with van der Waals surface area (Å²) in [6.45, 7) is 5.04. The molecular formula is C14H21N3O. The van der Waals surface area contributed by atoms with E-state index in [0.29, 0.717) is 17.4 Å². The molecule has 1 fully saturated rings. The number of amides is 1. The maximum atomic E-state index is 12.4. The highest BCUT2D eigenvalue weighted by Gasteiger charge is 2.26. The third-order valence-electron chi connectivity index (χ3n) is 3.47. The van der Waals surface area contributed by atoms with Gasteiger partial charge in [-0.1, -0.05) is 13.3 Å². The van der Waals surface area contributed by atoms with Crippen molar-refractivity contribution in [2.24, 2.45) is 0 Å². The number of likely N-dealkylation sites (tertiary alicyclic amines) is 1. The van der Waals surface area contributed by atoms with Crippen LogP contribution in [-0.2, 0) is 6.42 Å². The van der Waals surface area contributed by atoms with E-state index in [2.05, 4.69) is 18.8 Å². The Morgan fingerprint density at radius 2 is 2.33 bits per heavy atom. The maximum Gasteiger partial charge on any atom is 0.254 e. The highest BCUT2D eigenvalue weighted by molar-refractivity contribution is 5.95. The van der Waals surface area contributed by atoms with Crippen molar-refractivity contribution in [3.8, 4) is 0 Å². The number of rotatable bonds is 3. The molecule has 1 aromatic rings. The molecule has 0 bridgehead atoms. The van der Waals surface area contributed by atoms with E-state index in [1.54, 1.807) is 6.07 Å². The van der Waals surface area contributed by atoms with Gasteiger partial charge in [0.25, 0.3) is 5.91 Å². The molecule has 0 spiro atoms. The summed E-state index contributed by atoms with van der Waals surface area (Å²) in [5.74, 6) is 0.530. The molecule has 1 aliphatic rings. The Morgan fingerprint density at radius 3 is 2.94 bits per heavy atom. The molecule has 1 aromatic heterocycles. The van der Waals surface area contributed by atoms with Crippen LogP contribution in [-0.4, -0.2) is 28.4 Å². The van der Waals surface area contributed by atoms with Crippen LogP contribution in [0, 0.1) is 0 Å². The largest absolute Gasteiger partial charge is 0.384 e. The van der Waals surface area contributed by atoms with Crippen molar-refractivity contribution in [3.63, 3.8) is 0 Å². The van der Waals surface area contributed by atoms with Crippen molar-refractivity contribution in [1.29, 1.82) is 0 Å². The van der Waals surface area contributed by atoms with Gasteiger partial charge in [0.15, 0.2) is 0 Å². The fourth-order valence-corrected chi connectivity index (χ4v) is 2.52. The van der Waals surface area contributed by atoms with Gasteiger partial charge in [0.05, 0.1) is 0 Å². The number of carbonyl (C=O) groups excluding carboxylic acids is 1. The fourth-order valence-electron chi connectivity index (χ4n) is 2.52. The summed E-state index contributed by atoms with van der Waals surface area (Å²) in [5.41, 5.74) is 7.37. The summed E-state index contributed by atoms with van der Waals surface area (Å²) in [5, 5.41) is 0. The van der Waals surface area contributed by atoms with Crippen molar-refractivity contribution < 1.29 is 4.79 Å². The molecule has 1 saturated heterocycles. The van der Waals surface area contributed by atoms with Gasteiger partial charge in [-0.3, -0.25) is 4.79 Å². The molecule has 2 N–H and O–H groups in total. The summed E-state index contributed by atoms with van der Waals surface area (Å²) >= 11 is 0. The van der Waals surface area contributed by atoms with Crippen LogP contribution >= 0.6 is 0 Å². The van der Waals surface area contributed by atoms with Crippen LogP contribution in [0.1, 0.15) is 49.2 Å². The van der Waals surface area contributed by atoms with Crippen molar-refractivity contribution in [3.05, 3.63) is 23.4 Å². The van der Waals surface area contributed by atoms with Crippen molar-refractivity contribution in [2.75, 3.05) is 12.3 Å². The minimum absolute atomic E-state index is 0.0893. The van der Waals surface area contributed by atoms with Gasteiger partial charge in [-0.15, -0.1) is 0 Å². The highest BCUT2D eigenvalue weighted by Crippen LogP contribution is 2.20. The zero-order valence-electron chi connectivity index (χ0n) is 11.1. The van der Waals surface area contributed by atoms with Crippen LogP contribution in [0.3, 0.4) is 0 Å². The summed E-state index contributed by atoms with van der Waals surface area (Å²) in [6, 6.07) is 3.90. The van der Waals surface area contributed by atoms with Gasteiger partial charge >= 0.3 is 0 Å². The molecular weight excluding hydrogens is 226 g/mol. The average Bonchev–Trinajstić information content (AvgIpc) is 2.74. The van der Waals surface area contributed by atoms with Crippen molar-refractivity contribution in [1.82, 2.24) is 9.88 Å². The number of nitrogens with two attached hydrogens (primary N) is 1. The van der Waals surface area contributed by atoms with Crippen molar-refractivity contribution in [2.45, 2.75) is 45.6 Å². The molecule has 0 radical (unpaired) electrons. The molecule has 0 aliphatic carbocycles. The first-order valence-electron chi connectivity index (χ1n) is 6.69. The topological polar surface area (TPSA) is 59.2 Å². The van der Waals surface area contributed by atoms with Gasteiger partial charge in [0, 0.05) is 23.8 Å². The number of anilines is 1. The summed E-state index contributed by atoms with van der Waals surface area (Å²) in [7, 11) is 0. The molecule has 2 heterocycles. The predicted molar refractivity (Wildman–Crippen MR) is 72.4 cm³/mol. The van der Waals surface area contributed by atoms with Crippen LogP contribution in [0.2, 0.25) is 0 Å². The Kier molecular flexibility index (Phi) is 3.84. The minimum atomic E-state index is 0.0893. The van der Waals surface area contributed by atoms with Gasteiger partial charge < -0.3 is 10.6 Å². The number of carbonyl (C=O) groups is 1. The molecule has 1 unspecified atom stereocenters. The Morgan fingerprint density at radius 1 is 1.56 bits per heavy atom. The fraction of sp³-hybridized carbons (Fsp3) is 0.571. The lowest BCUT2D eigenvalue weighted by Crippen LogP contribution is -2.33. The first-order valence-corrected chi connectivity index (χ1v) is 6.69. The van der Waals surface area contributed by atoms with E-state index in [0.717, 1.165) is 37.9 Å². The third-order valence-corrected chi connectivity index (χ3v) is 3.47. The Labute approximate surface area is 108 Å². The van der Waals surface area contributed by atoms with Crippen LogP contribution in [0.15, 0.2) is 12.1 Å². The monoisotopic (exact) mass is 247 g/mol. The second-order valence-corrected chi connectivity index (χ2v) is 5.01. The van der Waals surface area contributed by atoms with Gasteiger partial charge in [0.2, 0.25) is 0 Å². The second kappa shape index (κ2) is 5.38. The van der Waals surface area contributed by atoms with Crippen LogP contribution in [0.5, 0.6) is 0 Å². The smallest absolute Gasteiger partial charge is 0.254 e. The third kappa shape index (κ3) is 2.63. The van der Waals surface area contributed by atoms with E-state index < -0.39 is 0 Å². The zero-order chi connectivity index (χ0) is 13.1. The number of hydrogen-bond acceptors (Lipinski definition) is 3. The number of pyridine rings is 1. The Balaban J connectivity index is 2.24. The van der Waals surface area contributed by atoms with Crippen LogP contribution in [0.25, 0.3) is 0 Å². The molecule has 4 nitrogen and oxygen atoms in total. The van der Waals surface area contributed by atoms with E-state index in [1.165, 1.54) is 0 Å². The van der Waals surface area contributed by atoms with Gasteiger partial charge in [-0.2, -0.15) is 0 Å². The standard InChI is InChI=1S/C14H21N3O/c1-3-5-12-8-11(9-13(15)16-12)14(18)17-7-4-6-10(17)2/h8-10H,3-7H2,1-2H3,(H2,15,16). The minimum Gasteiger partial charge on any atom is -0.384 e. The van der Waals surface area contributed by atoms with Gasteiger partial charge in [0.1, 0.15) is 5.82 Å². The van der Waals surface area contributed by atoms with E-state index in [1.807, 2.05) is 11.0 Å². The first-order chi connectivity index (χ1) is 8.61. The van der Waals surface area contributed by atoms with E-state index in [-0.39, 0.29) is 5.91 Å². The number of nitrogen functional groups attached to an aromatic ring is 1. The van der Waals surface area contributed by atoms with E-state index >= 15 is 0 Å². The zero-order valence-corrected chi connectivity index (χ0v) is 11.1. The summed E-state index contributed by atoms with van der Waals surface area (Å²) in [6.07, 6.45) is 4.05. The van der Waals surface area contributed by atoms with Crippen LogP contribution < -0.4 is 5.73 Å². The lowest BCUT2D eigenvalue weighted by Gasteiger charge is -2.21. The first kappa shape index (κ1) is 12.9. The molecule has 1 amide bonds. The Bertz CT molecular complexity index is 445. The lowest BCUT2D eigenvalue weighted by atomic mass is 10.1. The number of aryl methyl sites for hydroxylation is 1. The summed E-state index contributed by atoms with van der Waals surface area (Å²) in [4.78, 5) is 18.6. The predicted octanol–water partition coefficient (Wildman–Crippen LogP) is 2.24. The summed E-state index contributed by atoms with van der Waals surface area (Å²) < 4.78 is 0. The number of hydrogen-bond donors (Lipinski definition) is 1. The molecule has 4 heteroatoms. The van der Waals surface area contributed by atoms with Gasteiger partial charge in [-0.25, -0.2) is 4.98 Å². The van der Waals surface area contributed by atoms with Crippen LogP contribution in [0.4, 0.5) is 5.82 Å². The molecule has 1 aliphatic heterocycles. The molecule has 2 rings (SSSR count). The average molecular weight is 247 g/mol. The lowest BCUT2D eigenvalue weighted by molar-refractivity contribution is 0.0747. The maximum absolute atomic E-state index is 12.4. The normalized spacial score (nSPS) is 19.2. The van der Waals surface area contributed by atoms with E-state index in [9.17, 15) is 4.79 Å². The number of aromatic nitrogens is 1. The molecule has 0 saturated carbocycles. The van der Waals surface area contributed by atoms with Crippen molar-refractivity contribution >= 4 is 11.7 Å².